The number of rotatable bonds is 44. The van der Waals surface area contributed by atoms with Gasteiger partial charge in [-0.25, -0.2) is 0 Å². The molecule has 380 valence electrons. The molecule has 0 spiro atoms. The van der Waals surface area contributed by atoms with Gasteiger partial charge >= 0.3 is 0 Å². The van der Waals surface area contributed by atoms with Crippen LogP contribution in [0.25, 0.3) is 0 Å². The Labute approximate surface area is 396 Å². The van der Waals surface area contributed by atoms with E-state index in [4.69, 9.17) is 9.47 Å². The minimum absolute atomic E-state index is 0.231. The second-order valence-electron chi connectivity index (χ2n) is 18.6. The molecule has 1 amide bonds. The summed E-state index contributed by atoms with van der Waals surface area (Å²) in [5, 5.41) is 75.8. The Morgan fingerprint density at radius 1 is 0.538 bits per heavy atom. The minimum atomic E-state index is -1.67. The Morgan fingerprint density at radius 3 is 1.49 bits per heavy atom. The first-order valence-electron chi connectivity index (χ1n) is 26.6. The first kappa shape index (κ1) is 61.1. The molecule has 8 N–H and O–H groups in total. The zero-order valence-corrected chi connectivity index (χ0v) is 41.2. The molecule has 1 heterocycles. The standard InChI is InChI=1S/C54H99NO10/c1-3-5-7-9-11-13-15-17-19-20-21-22-23-24-25-26-27-28-30-31-33-35-37-39-41-46(57)49(59)45(44-64-54-52(62)51(61)50(60)48(43-56)65-54)55-53(63)47(58)42-40-38-36-34-32-29-18-16-14-12-10-8-6-4-2/h12,14,16,18,27-28,33,35,45-52,54,56-62H,3-11,13,15,17,19-26,29-32,34,36-44H2,1-2H3,(H,55,63)/b14-12-,18-16-,28-27+,35-33+. The molecule has 9 atom stereocenters. The topological polar surface area (TPSA) is 189 Å². The minimum Gasteiger partial charge on any atom is -0.394 e. The molecule has 0 saturated carbocycles. The highest BCUT2D eigenvalue weighted by atomic mass is 16.7. The van der Waals surface area contributed by atoms with Gasteiger partial charge in [-0.05, 0) is 77.0 Å². The van der Waals surface area contributed by atoms with Gasteiger partial charge in [-0.15, -0.1) is 0 Å². The molecule has 1 saturated heterocycles. The predicted octanol–water partition coefficient (Wildman–Crippen LogP) is 10.1. The maximum Gasteiger partial charge on any atom is 0.249 e. The SMILES string of the molecule is CCCCC/C=C\C=C/CCCCCCCC(O)C(=O)NC(COC1OC(CO)C(O)C(O)C1O)C(O)C(O)CCC/C=C/CC/C=C/CCCCCCCCCCCCCCCCC. The van der Waals surface area contributed by atoms with Gasteiger partial charge in [-0.3, -0.25) is 4.79 Å². The summed E-state index contributed by atoms with van der Waals surface area (Å²) >= 11 is 0. The summed E-state index contributed by atoms with van der Waals surface area (Å²) in [5.41, 5.74) is 0. The molecular weight excluding hydrogens is 823 g/mol. The van der Waals surface area contributed by atoms with Crippen LogP contribution in [0.1, 0.15) is 219 Å². The summed E-state index contributed by atoms with van der Waals surface area (Å²) in [5.74, 6) is -0.724. The zero-order valence-electron chi connectivity index (χ0n) is 41.2. The maximum atomic E-state index is 13.1. The zero-order chi connectivity index (χ0) is 47.6. The van der Waals surface area contributed by atoms with Crippen molar-refractivity contribution in [3.63, 3.8) is 0 Å². The monoisotopic (exact) mass is 922 g/mol. The summed E-state index contributed by atoms with van der Waals surface area (Å²) in [7, 11) is 0. The third-order valence-electron chi connectivity index (χ3n) is 12.6. The fourth-order valence-electron chi connectivity index (χ4n) is 8.21. The fourth-order valence-corrected chi connectivity index (χ4v) is 8.21. The fraction of sp³-hybridized carbons (Fsp3) is 0.833. The summed E-state index contributed by atoms with van der Waals surface area (Å²) in [4.78, 5) is 13.1. The highest BCUT2D eigenvalue weighted by Crippen LogP contribution is 2.23. The van der Waals surface area contributed by atoms with Crippen LogP contribution in [-0.4, -0.2) is 110 Å². The second kappa shape index (κ2) is 43.4. The molecule has 0 aromatic rings. The van der Waals surface area contributed by atoms with Gasteiger partial charge in [0, 0.05) is 0 Å². The number of ether oxygens (including phenoxy) is 2. The number of aliphatic hydroxyl groups is 7. The smallest absolute Gasteiger partial charge is 0.249 e. The van der Waals surface area contributed by atoms with E-state index in [0.29, 0.717) is 19.3 Å². The molecule has 0 aromatic heterocycles. The molecule has 1 fully saturated rings. The van der Waals surface area contributed by atoms with E-state index in [9.17, 15) is 40.5 Å². The van der Waals surface area contributed by atoms with Crippen LogP contribution in [0.3, 0.4) is 0 Å². The Hall–Kier alpha value is -1.93. The Balaban J connectivity index is 2.39. The summed E-state index contributed by atoms with van der Waals surface area (Å²) < 4.78 is 11.1. The van der Waals surface area contributed by atoms with Crippen LogP contribution in [0.2, 0.25) is 0 Å². The van der Waals surface area contributed by atoms with Gasteiger partial charge in [0.15, 0.2) is 6.29 Å². The number of aliphatic hydroxyl groups excluding tert-OH is 7. The number of hydrogen-bond acceptors (Lipinski definition) is 10. The van der Waals surface area contributed by atoms with E-state index in [1.807, 2.05) is 0 Å². The number of unbranched alkanes of at least 4 members (excludes halogenated alkanes) is 25. The predicted molar refractivity (Wildman–Crippen MR) is 265 cm³/mol. The van der Waals surface area contributed by atoms with Crippen molar-refractivity contribution in [1.82, 2.24) is 5.32 Å². The number of carbonyl (C=O) groups is 1. The van der Waals surface area contributed by atoms with E-state index < -0.39 is 74.2 Å². The third-order valence-corrected chi connectivity index (χ3v) is 12.6. The van der Waals surface area contributed by atoms with E-state index in [-0.39, 0.29) is 12.8 Å². The van der Waals surface area contributed by atoms with Crippen LogP contribution in [-0.2, 0) is 14.3 Å². The van der Waals surface area contributed by atoms with Crippen molar-refractivity contribution >= 4 is 5.91 Å². The number of amides is 1. The van der Waals surface area contributed by atoms with Crippen molar-refractivity contribution < 1.29 is 50.0 Å². The molecule has 0 aliphatic carbocycles. The van der Waals surface area contributed by atoms with Gasteiger partial charge in [-0.1, -0.05) is 191 Å². The Kier molecular flexibility index (Phi) is 40.7. The normalized spacial score (nSPS) is 21.3. The van der Waals surface area contributed by atoms with Gasteiger partial charge in [-0.2, -0.15) is 0 Å². The molecule has 1 rings (SSSR count). The van der Waals surface area contributed by atoms with E-state index in [1.165, 1.54) is 116 Å². The van der Waals surface area contributed by atoms with Crippen LogP contribution in [0, 0.1) is 0 Å². The number of carbonyl (C=O) groups excluding carboxylic acids is 1. The van der Waals surface area contributed by atoms with E-state index in [1.54, 1.807) is 0 Å². The van der Waals surface area contributed by atoms with Crippen molar-refractivity contribution in [2.75, 3.05) is 13.2 Å². The largest absolute Gasteiger partial charge is 0.394 e. The molecule has 11 heteroatoms. The van der Waals surface area contributed by atoms with Crippen LogP contribution < -0.4 is 5.32 Å². The van der Waals surface area contributed by atoms with Crippen LogP contribution >= 0.6 is 0 Å². The summed E-state index contributed by atoms with van der Waals surface area (Å²) in [6.07, 6.45) is 41.7. The van der Waals surface area contributed by atoms with Crippen LogP contribution in [0.15, 0.2) is 48.6 Å². The summed E-state index contributed by atoms with van der Waals surface area (Å²) in [6.45, 7) is 3.39. The molecule has 1 aliphatic rings. The molecule has 0 aromatic carbocycles. The van der Waals surface area contributed by atoms with Gasteiger partial charge in [0.05, 0.1) is 25.4 Å². The number of nitrogens with one attached hydrogen (secondary N) is 1. The molecule has 11 nitrogen and oxygen atoms in total. The Bertz CT molecular complexity index is 1190. The van der Waals surface area contributed by atoms with E-state index in [0.717, 1.165) is 57.8 Å². The van der Waals surface area contributed by atoms with Gasteiger partial charge in [0.2, 0.25) is 5.91 Å². The van der Waals surface area contributed by atoms with Crippen molar-refractivity contribution in [1.29, 1.82) is 0 Å². The molecule has 65 heavy (non-hydrogen) atoms. The third kappa shape index (κ3) is 32.5. The maximum absolute atomic E-state index is 13.1. The first-order valence-corrected chi connectivity index (χ1v) is 26.6. The highest BCUT2D eigenvalue weighted by Gasteiger charge is 2.44. The molecule has 0 bridgehead atoms. The molecule has 1 aliphatic heterocycles. The lowest BCUT2D eigenvalue weighted by molar-refractivity contribution is -0.303. The van der Waals surface area contributed by atoms with E-state index in [2.05, 4.69) is 67.8 Å². The average Bonchev–Trinajstić information content (AvgIpc) is 3.31. The Morgan fingerprint density at radius 2 is 0.969 bits per heavy atom. The van der Waals surface area contributed by atoms with Gasteiger partial charge in [0.1, 0.15) is 36.6 Å². The summed E-state index contributed by atoms with van der Waals surface area (Å²) in [6, 6.07) is -1.20. The quantitative estimate of drug-likeness (QED) is 0.0166. The van der Waals surface area contributed by atoms with Crippen molar-refractivity contribution in [2.24, 2.45) is 0 Å². The van der Waals surface area contributed by atoms with E-state index >= 15 is 0 Å². The van der Waals surface area contributed by atoms with Crippen molar-refractivity contribution in [2.45, 2.75) is 274 Å². The van der Waals surface area contributed by atoms with Crippen LogP contribution in [0.4, 0.5) is 0 Å². The van der Waals surface area contributed by atoms with Crippen molar-refractivity contribution in [3.05, 3.63) is 48.6 Å². The first-order chi connectivity index (χ1) is 31.7. The van der Waals surface area contributed by atoms with Gasteiger partial charge in [0.25, 0.3) is 0 Å². The highest BCUT2D eigenvalue weighted by molar-refractivity contribution is 5.80. The van der Waals surface area contributed by atoms with Crippen molar-refractivity contribution in [3.8, 4) is 0 Å². The lowest BCUT2D eigenvalue weighted by Gasteiger charge is -2.40. The van der Waals surface area contributed by atoms with Gasteiger partial charge < -0.3 is 50.5 Å². The second-order valence-corrected chi connectivity index (χ2v) is 18.6. The number of allylic oxidation sites excluding steroid dienone is 8. The lowest BCUT2D eigenvalue weighted by atomic mass is 9.98. The average molecular weight is 922 g/mol. The molecular formula is C54H99NO10. The molecule has 9 unspecified atom stereocenters. The van der Waals surface area contributed by atoms with Crippen LogP contribution in [0.5, 0.6) is 0 Å². The molecule has 0 radical (unpaired) electrons. The number of hydrogen-bond donors (Lipinski definition) is 8. The lowest BCUT2D eigenvalue weighted by Crippen LogP contribution is -2.60.